The molecule has 1 heterocycles. The van der Waals surface area contributed by atoms with Gasteiger partial charge in [0.15, 0.2) is 0 Å². The van der Waals surface area contributed by atoms with E-state index in [0.29, 0.717) is 17.9 Å². The van der Waals surface area contributed by atoms with E-state index in [0.717, 1.165) is 5.56 Å². The zero-order valence-electron chi connectivity index (χ0n) is 15.7. The summed E-state index contributed by atoms with van der Waals surface area (Å²) in [7, 11) is 0. The lowest BCUT2D eigenvalue weighted by Crippen LogP contribution is -2.15. The summed E-state index contributed by atoms with van der Waals surface area (Å²) in [6.45, 7) is 0.366. The van der Waals surface area contributed by atoms with E-state index in [9.17, 15) is 19.3 Å². The van der Waals surface area contributed by atoms with Crippen LogP contribution >= 0.6 is 0 Å². The number of carbonyl (C=O) groups excluding carboxylic acids is 1. The quantitative estimate of drug-likeness (QED) is 0.394. The Labute approximate surface area is 170 Å². The molecule has 1 amide bonds. The smallest absolute Gasteiger partial charge is 0.412 e. The normalized spacial score (nSPS) is 10.3. The van der Waals surface area contributed by atoms with Crippen LogP contribution in [0.1, 0.15) is 11.1 Å². The average molecular weight is 411 g/mol. The number of hydrogen-bond donors (Lipinski definition) is 3. The molecule has 0 aliphatic carbocycles. The first-order valence-corrected chi connectivity index (χ1v) is 8.82. The van der Waals surface area contributed by atoms with Gasteiger partial charge in [-0.2, -0.15) is 0 Å². The third-order valence-corrected chi connectivity index (χ3v) is 4.07. The van der Waals surface area contributed by atoms with Crippen molar-refractivity contribution in [3.05, 3.63) is 87.7 Å². The number of ether oxygens (including phenoxy) is 1. The number of amides is 1. The third kappa shape index (κ3) is 5.64. The second-order valence-corrected chi connectivity index (χ2v) is 6.23. The fourth-order valence-electron chi connectivity index (χ4n) is 2.48. The van der Waals surface area contributed by atoms with Gasteiger partial charge in [0.25, 0.3) is 5.69 Å². The molecule has 0 saturated carbocycles. The molecule has 4 N–H and O–H groups in total. The van der Waals surface area contributed by atoms with Crippen molar-refractivity contribution in [1.82, 2.24) is 4.98 Å². The number of nitro benzene ring substituents is 1. The topological polar surface area (TPSA) is 132 Å². The van der Waals surface area contributed by atoms with Crippen molar-refractivity contribution in [2.75, 3.05) is 16.4 Å². The van der Waals surface area contributed by atoms with Crippen LogP contribution < -0.4 is 16.4 Å². The Hall–Kier alpha value is -4.21. The van der Waals surface area contributed by atoms with Gasteiger partial charge in [-0.25, -0.2) is 14.2 Å². The largest absolute Gasteiger partial charge is 0.444 e. The van der Waals surface area contributed by atoms with E-state index in [1.54, 1.807) is 24.3 Å². The number of nitrogens with two attached hydrogens (primary N) is 1. The van der Waals surface area contributed by atoms with Crippen LogP contribution in [0.4, 0.5) is 32.2 Å². The average Bonchev–Trinajstić information content (AvgIpc) is 2.74. The van der Waals surface area contributed by atoms with E-state index in [1.807, 2.05) is 0 Å². The predicted molar refractivity (Wildman–Crippen MR) is 109 cm³/mol. The van der Waals surface area contributed by atoms with E-state index in [4.69, 9.17) is 10.5 Å². The first-order valence-electron chi connectivity index (χ1n) is 8.82. The van der Waals surface area contributed by atoms with Crippen LogP contribution in [0.5, 0.6) is 0 Å². The number of carbonyl (C=O) groups is 1. The number of nitrogen functional groups attached to an aromatic ring is 1. The van der Waals surface area contributed by atoms with Crippen LogP contribution in [0, 0.1) is 15.9 Å². The van der Waals surface area contributed by atoms with Crippen molar-refractivity contribution in [2.45, 2.75) is 13.2 Å². The lowest BCUT2D eigenvalue weighted by atomic mass is 10.2. The highest BCUT2D eigenvalue weighted by molar-refractivity contribution is 5.88. The summed E-state index contributed by atoms with van der Waals surface area (Å²) >= 11 is 0. The van der Waals surface area contributed by atoms with Gasteiger partial charge >= 0.3 is 6.09 Å². The molecule has 2 aromatic carbocycles. The maximum atomic E-state index is 12.9. The summed E-state index contributed by atoms with van der Waals surface area (Å²) in [5.74, 6) is 0.269. The Morgan fingerprint density at radius 3 is 2.37 bits per heavy atom. The van der Waals surface area contributed by atoms with E-state index >= 15 is 0 Å². The molecule has 0 fully saturated rings. The SMILES string of the molecule is Nc1nc(NCc2ccc(F)cc2)ccc1NC(=O)OCc1ccc([N+](=O)[O-])cc1. The second-order valence-electron chi connectivity index (χ2n) is 6.23. The Bertz CT molecular complexity index is 1040. The maximum absolute atomic E-state index is 12.9. The van der Waals surface area contributed by atoms with Crippen LogP contribution in [-0.4, -0.2) is 16.0 Å². The van der Waals surface area contributed by atoms with Crippen LogP contribution in [0.25, 0.3) is 0 Å². The fourth-order valence-corrected chi connectivity index (χ4v) is 2.48. The van der Waals surface area contributed by atoms with Crippen molar-refractivity contribution >= 4 is 29.1 Å². The number of hydrogen-bond acceptors (Lipinski definition) is 7. The number of aromatic nitrogens is 1. The Morgan fingerprint density at radius 1 is 1.07 bits per heavy atom. The lowest BCUT2D eigenvalue weighted by molar-refractivity contribution is -0.384. The Kier molecular flexibility index (Phi) is 6.38. The predicted octanol–water partition coefficient (Wildman–Crippen LogP) is 4.07. The summed E-state index contributed by atoms with van der Waals surface area (Å²) in [5, 5.41) is 16.2. The molecule has 0 spiro atoms. The molecular formula is C20H18FN5O4. The number of benzene rings is 2. The lowest BCUT2D eigenvalue weighted by Gasteiger charge is -2.11. The molecule has 0 radical (unpaired) electrons. The molecule has 30 heavy (non-hydrogen) atoms. The molecule has 0 atom stereocenters. The second kappa shape index (κ2) is 9.32. The molecule has 0 aliphatic heterocycles. The van der Waals surface area contributed by atoms with Gasteiger partial charge in [-0.1, -0.05) is 12.1 Å². The maximum Gasteiger partial charge on any atom is 0.412 e. The summed E-state index contributed by atoms with van der Waals surface area (Å²) in [4.78, 5) is 26.3. The molecule has 0 unspecified atom stereocenters. The Balaban J connectivity index is 1.51. The highest BCUT2D eigenvalue weighted by atomic mass is 19.1. The number of non-ortho nitro benzene ring substituents is 1. The van der Waals surface area contributed by atoms with Gasteiger partial charge in [-0.15, -0.1) is 0 Å². The molecule has 3 rings (SSSR count). The molecule has 10 heteroatoms. The summed E-state index contributed by atoms with van der Waals surface area (Å²) < 4.78 is 18.0. The fraction of sp³-hybridized carbons (Fsp3) is 0.100. The van der Waals surface area contributed by atoms with Crippen molar-refractivity contribution in [2.24, 2.45) is 0 Å². The molecule has 1 aromatic heterocycles. The van der Waals surface area contributed by atoms with E-state index in [-0.39, 0.29) is 29.6 Å². The zero-order chi connectivity index (χ0) is 21.5. The standard InChI is InChI=1S/C20H18FN5O4/c21-15-5-1-13(2-6-15)11-23-18-10-9-17(19(22)25-18)24-20(27)30-12-14-3-7-16(8-4-14)26(28)29/h1-10H,11-12H2,(H,24,27)(H3,22,23,25). The van der Waals surface area contributed by atoms with E-state index in [1.165, 1.54) is 36.4 Å². The molecule has 154 valence electrons. The number of halogens is 1. The minimum Gasteiger partial charge on any atom is -0.444 e. The molecular weight excluding hydrogens is 393 g/mol. The first kappa shape index (κ1) is 20.5. The minimum absolute atomic E-state index is 0.0461. The highest BCUT2D eigenvalue weighted by Crippen LogP contribution is 2.20. The number of anilines is 3. The van der Waals surface area contributed by atoms with Crippen LogP contribution in [0.15, 0.2) is 60.7 Å². The number of nitro groups is 1. The molecule has 9 nitrogen and oxygen atoms in total. The molecule has 0 saturated heterocycles. The van der Waals surface area contributed by atoms with Crippen LogP contribution in [0.2, 0.25) is 0 Å². The number of nitrogens with zero attached hydrogens (tertiary/aromatic N) is 2. The first-order chi connectivity index (χ1) is 14.4. The van der Waals surface area contributed by atoms with Gasteiger partial charge in [-0.05, 0) is 47.5 Å². The van der Waals surface area contributed by atoms with Gasteiger partial charge in [0.05, 0.1) is 10.6 Å². The van der Waals surface area contributed by atoms with Crippen molar-refractivity contribution in [3.8, 4) is 0 Å². The highest BCUT2D eigenvalue weighted by Gasteiger charge is 2.10. The monoisotopic (exact) mass is 411 g/mol. The zero-order valence-corrected chi connectivity index (χ0v) is 15.7. The number of nitrogens with one attached hydrogen (secondary N) is 2. The van der Waals surface area contributed by atoms with Gasteiger partial charge < -0.3 is 15.8 Å². The molecule has 0 aliphatic rings. The van der Waals surface area contributed by atoms with Crippen LogP contribution in [-0.2, 0) is 17.9 Å². The minimum atomic E-state index is -0.742. The summed E-state index contributed by atoms with van der Waals surface area (Å²) in [6.07, 6.45) is -0.742. The van der Waals surface area contributed by atoms with Gasteiger partial charge in [0.2, 0.25) is 0 Å². The Morgan fingerprint density at radius 2 is 1.73 bits per heavy atom. The van der Waals surface area contributed by atoms with Gasteiger partial charge in [0.1, 0.15) is 24.1 Å². The number of pyridine rings is 1. The third-order valence-electron chi connectivity index (χ3n) is 4.07. The molecule has 0 bridgehead atoms. The summed E-state index contributed by atoms with van der Waals surface area (Å²) in [5.41, 5.74) is 7.57. The summed E-state index contributed by atoms with van der Waals surface area (Å²) in [6, 6.07) is 14.9. The van der Waals surface area contributed by atoms with Crippen molar-refractivity contribution in [3.63, 3.8) is 0 Å². The van der Waals surface area contributed by atoms with Crippen molar-refractivity contribution < 1.29 is 18.8 Å². The van der Waals surface area contributed by atoms with E-state index in [2.05, 4.69) is 15.6 Å². The van der Waals surface area contributed by atoms with Gasteiger partial charge in [-0.3, -0.25) is 15.4 Å². The van der Waals surface area contributed by atoms with Crippen molar-refractivity contribution in [1.29, 1.82) is 0 Å². The molecule has 3 aromatic rings. The van der Waals surface area contributed by atoms with Crippen LogP contribution in [0.3, 0.4) is 0 Å². The number of rotatable bonds is 7. The van der Waals surface area contributed by atoms with E-state index < -0.39 is 11.0 Å². The van der Waals surface area contributed by atoms with Gasteiger partial charge in [0, 0.05) is 18.7 Å².